The minimum atomic E-state index is -0.0432. The van der Waals surface area contributed by atoms with Gasteiger partial charge in [-0.2, -0.15) is 0 Å². The molecule has 0 spiro atoms. The van der Waals surface area contributed by atoms with Crippen LogP contribution in [0.15, 0.2) is 66.7 Å². The summed E-state index contributed by atoms with van der Waals surface area (Å²) in [4.78, 5) is 0. The molecule has 3 aromatic carbocycles. The van der Waals surface area contributed by atoms with Gasteiger partial charge in [0.15, 0.2) is 0 Å². The Balaban J connectivity index is 0.000000326. The number of unbranched alkanes of at least 4 members (excludes halogenated alkanes) is 5. The maximum absolute atomic E-state index is 13.3. The molecular weight excluding hydrogens is 513 g/mol. The topological polar surface area (TPSA) is 12.0 Å². The van der Waals surface area contributed by atoms with Gasteiger partial charge in [0.1, 0.15) is 5.82 Å². The minimum absolute atomic E-state index is 0.0432. The molecule has 0 atom stereocenters. The van der Waals surface area contributed by atoms with Crippen molar-refractivity contribution in [1.82, 2.24) is 5.32 Å². The standard InChI is InChI=1S/C25H35N.C13H19F.C2H6/c1-2-22-10-7-8-12-23(22)11-6-4-3-5-9-21-13-15-24(16-14-21)25-17-19-26-20-18-25;1-3-5-6-7-12-10-11(4-2)8-9-13(12)14;1-2/h7-8,10,12-16,25-26H,2-6,9,11,17-20H2,1H3;8-10H,3-7H2,1-2H3;1-2H3. The van der Waals surface area contributed by atoms with Crippen molar-refractivity contribution in [3.05, 3.63) is 106 Å². The van der Waals surface area contributed by atoms with Crippen molar-refractivity contribution >= 4 is 0 Å². The summed E-state index contributed by atoms with van der Waals surface area (Å²) in [5.74, 6) is 0.731. The van der Waals surface area contributed by atoms with Crippen LogP contribution < -0.4 is 5.32 Å². The smallest absolute Gasteiger partial charge is 0.126 e. The molecule has 1 fully saturated rings. The highest BCUT2D eigenvalue weighted by Gasteiger charge is 2.14. The second-order valence-electron chi connectivity index (χ2n) is 11.5. The van der Waals surface area contributed by atoms with Gasteiger partial charge in [0, 0.05) is 0 Å². The molecule has 1 heterocycles. The molecule has 0 unspecified atom stereocenters. The minimum Gasteiger partial charge on any atom is -0.317 e. The maximum atomic E-state index is 13.3. The third-order valence-electron chi connectivity index (χ3n) is 8.52. The van der Waals surface area contributed by atoms with Crippen molar-refractivity contribution in [3.8, 4) is 0 Å². The molecule has 0 radical (unpaired) electrons. The van der Waals surface area contributed by atoms with Crippen LogP contribution in [0.4, 0.5) is 4.39 Å². The van der Waals surface area contributed by atoms with E-state index in [4.69, 9.17) is 0 Å². The van der Waals surface area contributed by atoms with E-state index in [-0.39, 0.29) is 5.82 Å². The first-order valence-electron chi connectivity index (χ1n) is 17.3. The van der Waals surface area contributed by atoms with E-state index >= 15 is 0 Å². The van der Waals surface area contributed by atoms with Crippen LogP contribution in [-0.4, -0.2) is 13.1 Å². The third-order valence-corrected chi connectivity index (χ3v) is 8.52. The first kappa shape index (κ1) is 35.7. The first-order valence-corrected chi connectivity index (χ1v) is 17.3. The lowest BCUT2D eigenvalue weighted by Crippen LogP contribution is -2.26. The van der Waals surface area contributed by atoms with Crippen molar-refractivity contribution < 1.29 is 4.39 Å². The number of nitrogens with one attached hydrogen (secondary N) is 1. The lowest BCUT2D eigenvalue weighted by Gasteiger charge is -2.23. The number of benzene rings is 3. The van der Waals surface area contributed by atoms with E-state index in [1.165, 1.54) is 94.0 Å². The quantitative estimate of drug-likeness (QED) is 0.189. The van der Waals surface area contributed by atoms with Gasteiger partial charge in [0.2, 0.25) is 0 Å². The molecule has 4 rings (SSSR count). The van der Waals surface area contributed by atoms with E-state index in [2.05, 4.69) is 74.6 Å². The van der Waals surface area contributed by atoms with Crippen molar-refractivity contribution in [2.24, 2.45) is 0 Å². The van der Waals surface area contributed by atoms with Gasteiger partial charge >= 0.3 is 0 Å². The van der Waals surface area contributed by atoms with E-state index in [9.17, 15) is 4.39 Å². The number of halogens is 1. The van der Waals surface area contributed by atoms with E-state index < -0.39 is 0 Å². The van der Waals surface area contributed by atoms with Gasteiger partial charge < -0.3 is 5.32 Å². The number of hydrogen-bond donors (Lipinski definition) is 1. The van der Waals surface area contributed by atoms with Gasteiger partial charge in [-0.05, 0) is 123 Å². The molecule has 2 heteroatoms. The molecule has 0 amide bonds. The van der Waals surface area contributed by atoms with Crippen LogP contribution in [0.5, 0.6) is 0 Å². The average molecular weight is 574 g/mol. The predicted molar refractivity (Wildman–Crippen MR) is 183 cm³/mol. The Morgan fingerprint density at radius 3 is 1.86 bits per heavy atom. The summed E-state index contributed by atoms with van der Waals surface area (Å²) in [6, 6.07) is 23.9. The highest BCUT2D eigenvalue weighted by atomic mass is 19.1. The third kappa shape index (κ3) is 13.2. The SMILES string of the molecule is CC.CCCCCc1cc(CC)ccc1F.CCc1ccccc1CCCCCCc1ccc(C2CCNCC2)cc1. The molecule has 1 N–H and O–H groups in total. The summed E-state index contributed by atoms with van der Waals surface area (Å²) in [5, 5.41) is 3.46. The first-order chi connectivity index (χ1) is 20.6. The van der Waals surface area contributed by atoms with Gasteiger partial charge in [-0.25, -0.2) is 4.39 Å². The summed E-state index contributed by atoms with van der Waals surface area (Å²) in [6.07, 6.45) is 16.9. The Kier molecular flexibility index (Phi) is 18.8. The monoisotopic (exact) mass is 573 g/mol. The molecule has 0 saturated carbocycles. The maximum Gasteiger partial charge on any atom is 0.126 e. The molecule has 0 aromatic heterocycles. The van der Waals surface area contributed by atoms with Gasteiger partial charge in [0.05, 0.1) is 0 Å². The molecule has 42 heavy (non-hydrogen) atoms. The number of piperidine rings is 1. The fourth-order valence-electron chi connectivity index (χ4n) is 5.86. The zero-order valence-corrected chi connectivity index (χ0v) is 27.6. The molecule has 3 aromatic rings. The van der Waals surface area contributed by atoms with Crippen LogP contribution in [-0.2, 0) is 32.1 Å². The Hall–Kier alpha value is -2.45. The number of rotatable bonds is 14. The van der Waals surface area contributed by atoms with Crippen LogP contribution in [0, 0.1) is 5.82 Å². The van der Waals surface area contributed by atoms with Crippen molar-refractivity contribution in [2.75, 3.05) is 13.1 Å². The predicted octanol–water partition coefficient (Wildman–Crippen LogP) is 11.2. The molecule has 1 aliphatic rings. The van der Waals surface area contributed by atoms with Crippen LogP contribution in [0.25, 0.3) is 0 Å². The van der Waals surface area contributed by atoms with E-state index in [0.717, 1.165) is 37.2 Å². The highest BCUT2D eigenvalue weighted by Crippen LogP contribution is 2.25. The van der Waals surface area contributed by atoms with Crippen molar-refractivity contribution in [3.63, 3.8) is 0 Å². The van der Waals surface area contributed by atoms with Gasteiger partial charge in [-0.1, -0.05) is 121 Å². The fourth-order valence-corrected chi connectivity index (χ4v) is 5.86. The summed E-state index contributed by atoms with van der Waals surface area (Å²) < 4.78 is 13.3. The second kappa shape index (κ2) is 22.1. The van der Waals surface area contributed by atoms with Gasteiger partial charge in [-0.15, -0.1) is 0 Å². The molecule has 0 aliphatic carbocycles. The second-order valence-corrected chi connectivity index (χ2v) is 11.5. The van der Waals surface area contributed by atoms with Gasteiger partial charge in [0.25, 0.3) is 0 Å². The summed E-state index contributed by atoms with van der Waals surface area (Å²) in [5.41, 5.74) is 8.27. The lowest BCUT2D eigenvalue weighted by molar-refractivity contribution is 0.460. The average Bonchev–Trinajstić information content (AvgIpc) is 3.06. The number of hydrogen-bond acceptors (Lipinski definition) is 1. The Morgan fingerprint density at radius 1 is 0.619 bits per heavy atom. The number of aryl methyl sites for hydroxylation is 5. The fraction of sp³-hybridized carbons (Fsp3) is 0.550. The molecule has 1 aliphatic heterocycles. The lowest BCUT2D eigenvalue weighted by atomic mass is 9.89. The van der Waals surface area contributed by atoms with Crippen LogP contribution in [0.1, 0.15) is 132 Å². The van der Waals surface area contributed by atoms with E-state index in [1.807, 2.05) is 26.0 Å². The van der Waals surface area contributed by atoms with Crippen molar-refractivity contribution in [1.29, 1.82) is 0 Å². The van der Waals surface area contributed by atoms with Crippen LogP contribution in [0.3, 0.4) is 0 Å². The normalized spacial score (nSPS) is 13.1. The highest BCUT2D eigenvalue weighted by molar-refractivity contribution is 5.28. The molecule has 0 bridgehead atoms. The molecule has 232 valence electrons. The van der Waals surface area contributed by atoms with Gasteiger partial charge in [-0.3, -0.25) is 0 Å². The molecule has 1 nitrogen and oxygen atoms in total. The largest absolute Gasteiger partial charge is 0.317 e. The summed E-state index contributed by atoms with van der Waals surface area (Å²) >= 11 is 0. The Bertz CT molecular complexity index is 1080. The Labute approximate surface area is 258 Å². The zero-order chi connectivity index (χ0) is 30.4. The Morgan fingerprint density at radius 2 is 1.21 bits per heavy atom. The molecule has 1 saturated heterocycles. The van der Waals surface area contributed by atoms with E-state index in [0.29, 0.717) is 0 Å². The summed E-state index contributed by atoms with van der Waals surface area (Å²) in [7, 11) is 0. The van der Waals surface area contributed by atoms with Crippen LogP contribution in [0.2, 0.25) is 0 Å². The van der Waals surface area contributed by atoms with Crippen molar-refractivity contribution in [2.45, 2.75) is 130 Å². The van der Waals surface area contributed by atoms with Crippen LogP contribution >= 0.6 is 0 Å². The van der Waals surface area contributed by atoms with E-state index in [1.54, 1.807) is 17.2 Å². The summed E-state index contributed by atoms with van der Waals surface area (Å²) in [6.45, 7) is 12.9. The zero-order valence-electron chi connectivity index (χ0n) is 27.6. The molecular formula is C40H60FN.